The van der Waals surface area contributed by atoms with Crippen LogP contribution in [0.25, 0.3) is 0 Å². The number of aliphatic carboxylic acids is 1. The Balaban J connectivity index is 1.90. The number of ether oxygens (including phenoxy) is 1. The smallest absolute Gasteiger partial charge is 0.320 e. The molecule has 1 aliphatic rings. The number of benzene rings is 1. The number of hydrogen-bond acceptors (Lipinski definition) is 3. The van der Waals surface area contributed by atoms with Gasteiger partial charge >= 0.3 is 5.97 Å². The lowest BCUT2D eigenvalue weighted by molar-refractivity contribution is -0.139. The van der Waals surface area contributed by atoms with E-state index < -0.39 is 12.0 Å². The largest absolute Gasteiger partial charge is 0.488 e. The van der Waals surface area contributed by atoms with Gasteiger partial charge in [0.2, 0.25) is 0 Å². The van der Waals surface area contributed by atoms with Crippen molar-refractivity contribution in [2.24, 2.45) is 0 Å². The Morgan fingerprint density at radius 3 is 3.18 bits per heavy atom. The second-order valence-corrected chi connectivity index (χ2v) is 4.16. The van der Waals surface area contributed by atoms with Gasteiger partial charge in [-0.2, -0.15) is 0 Å². The van der Waals surface area contributed by atoms with Crippen LogP contribution in [-0.2, 0) is 11.2 Å². The maximum atomic E-state index is 13.0. The molecule has 0 saturated heterocycles. The number of carbonyl (C=O) groups is 1. The maximum Gasteiger partial charge on any atom is 0.320 e. The highest BCUT2D eigenvalue weighted by molar-refractivity contribution is 5.72. The number of rotatable bonds is 4. The van der Waals surface area contributed by atoms with Crippen LogP contribution < -0.4 is 10.1 Å². The number of nitrogens with one attached hydrogen (secondary N) is 1. The van der Waals surface area contributed by atoms with Crippen molar-refractivity contribution in [2.75, 3.05) is 6.54 Å². The monoisotopic (exact) mass is 239 g/mol. The second-order valence-electron chi connectivity index (χ2n) is 4.16. The number of carboxylic acids is 1. The van der Waals surface area contributed by atoms with Crippen LogP contribution >= 0.6 is 0 Å². The fraction of sp³-hybridized carbons (Fsp3) is 0.417. The Morgan fingerprint density at radius 1 is 1.71 bits per heavy atom. The van der Waals surface area contributed by atoms with E-state index in [1.165, 1.54) is 12.1 Å². The van der Waals surface area contributed by atoms with Crippen LogP contribution in [0.2, 0.25) is 0 Å². The molecule has 0 aromatic heterocycles. The summed E-state index contributed by atoms with van der Waals surface area (Å²) >= 11 is 0. The molecule has 17 heavy (non-hydrogen) atoms. The van der Waals surface area contributed by atoms with Crippen LogP contribution in [0, 0.1) is 5.82 Å². The number of hydrogen-bond donors (Lipinski definition) is 2. The number of carboxylic acid groups (broad SMARTS) is 1. The lowest BCUT2D eigenvalue weighted by Crippen LogP contribution is -2.40. The molecule has 0 aliphatic carbocycles. The van der Waals surface area contributed by atoms with E-state index in [4.69, 9.17) is 9.84 Å². The van der Waals surface area contributed by atoms with Crippen LogP contribution in [0.4, 0.5) is 4.39 Å². The molecule has 1 aliphatic heterocycles. The zero-order chi connectivity index (χ0) is 12.4. The summed E-state index contributed by atoms with van der Waals surface area (Å²) in [5.41, 5.74) is 0.833. The first kappa shape index (κ1) is 11.9. The van der Waals surface area contributed by atoms with E-state index in [9.17, 15) is 9.18 Å². The fourth-order valence-electron chi connectivity index (χ4n) is 1.80. The Bertz CT molecular complexity index is 436. The normalized spacial score (nSPS) is 19.5. The van der Waals surface area contributed by atoms with Crippen molar-refractivity contribution in [3.63, 3.8) is 0 Å². The summed E-state index contributed by atoms with van der Waals surface area (Å²) in [5.74, 6) is -0.493. The minimum atomic E-state index is -0.897. The average Bonchev–Trinajstić information content (AvgIpc) is 2.67. The van der Waals surface area contributed by atoms with Gasteiger partial charge in [0.05, 0.1) is 0 Å². The molecule has 0 amide bonds. The Kier molecular flexibility index (Phi) is 3.28. The van der Waals surface area contributed by atoms with E-state index >= 15 is 0 Å². The van der Waals surface area contributed by atoms with Gasteiger partial charge in [0.25, 0.3) is 0 Å². The third-order valence-electron chi connectivity index (χ3n) is 2.79. The first-order valence-corrected chi connectivity index (χ1v) is 5.47. The summed E-state index contributed by atoms with van der Waals surface area (Å²) < 4.78 is 18.5. The van der Waals surface area contributed by atoms with Crippen molar-refractivity contribution in [2.45, 2.75) is 25.5 Å². The minimum absolute atomic E-state index is 0.131. The molecule has 0 radical (unpaired) electrons. The van der Waals surface area contributed by atoms with Gasteiger partial charge in [0, 0.05) is 18.5 Å². The highest BCUT2D eigenvalue weighted by Gasteiger charge is 2.24. The molecular weight excluding hydrogens is 225 g/mol. The first-order chi connectivity index (χ1) is 8.06. The molecule has 1 aromatic carbocycles. The Hall–Kier alpha value is -1.62. The molecule has 5 heteroatoms. The average molecular weight is 239 g/mol. The number of halogens is 1. The molecular formula is C12H14FNO3. The maximum absolute atomic E-state index is 13.0. The molecule has 4 nitrogen and oxygen atoms in total. The summed E-state index contributed by atoms with van der Waals surface area (Å²) in [6.07, 6.45) is 0.473. The van der Waals surface area contributed by atoms with E-state index in [1.807, 2.05) is 0 Å². The Labute approximate surface area is 98.4 Å². The third kappa shape index (κ3) is 2.74. The molecule has 2 rings (SSSR count). The van der Waals surface area contributed by atoms with Crippen molar-refractivity contribution in [1.82, 2.24) is 5.32 Å². The van der Waals surface area contributed by atoms with E-state index in [1.54, 1.807) is 13.0 Å². The van der Waals surface area contributed by atoms with Crippen molar-refractivity contribution in [3.8, 4) is 5.75 Å². The molecule has 0 saturated carbocycles. The predicted molar refractivity (Wildman–Crippen MR) is 59.6 cm³/mol. The first-order valence-electron chi connectivity index (χ1n) is 5.47. The molecule has 2 atom stereocenters. The molecule has 0 fully saturated rings. The van der Waals surface area contributed by atoms with Gasteiger partial charge in [-0.1, -0.05) is 0 Å². The molecule has 0 bridgehead atoms. The third-order valence-corrected chi connectivity index (χ3v) is 2.79. The molecule has 1 aromatic rings. The number of fused-ring (bicyclic) bond motifs is 1. The van der Waals surface area contributed by atoms with Gasteiger partial charge in [0.1, 0.15) is 23.7 Å². The van der Waals surface area contributed by atoms with E-state index in [0.717, 1.165) is 5.56 Å². The van der Waals surface area contributed by atoms with Gasteiger partial charge in [0.15, 0.2) is 0 Å². The van der Waals surface area contributed by atoms with Crippen molar-refractivity contribution >= 4 is 5.97 Å². The van der Waals surface area contributed by atoms with Crippen LogP contribution in [0.1, 0.15) is 12.5 Å². The van der Waals surface area contributed by atoms with Crippen LogP contribution in [0.15, 0.2) is 18.2 Å². The molecule has 0 spiro atoms. The van der Waals surface area contributed by atoms with Gasteiger partial charge in [-0.25, -0.2) is 4.39 Å². The molecule has 2 N–H and O–H groups in total. The van der Waals surface area contributed by atoms with Gasteiger partial charge in [-0.3, -0.25) is 4.79 Å². The van der Waals surface area contributed by atoms with Gasteiger partial charge < -0.3 is 15.2 Å². The molecule has 1 heterocycles. The van der Waals surface area contributed by atoms with Crippen molar-refractivity contribution < 1.29 is 19.0 Å². The highest BCUT2D eigenvalue weighted by Crippen LogP contribution is 2.28. The van der Waals surface area contributed by atoms with Crippen LogP contribution in [0.5, 0.6) is 5.75 Å². The Morgan fingerprint density at radius 2 is 2.47 bits per heavy atom. The van der Waals surface area contributed by atoms with E-state index in [2.05, 4.69) is 5.32 Å². The summed E-state index contributed by atoms with van der Waals surface area (Å²) in [4.78, 5) is 10.6. The second kappa shape index (κ2) is 4.71. The summed E-state index contributed by atoms with van der Waals surface area (Å²) in [6, 6.07) is 3.80. The summed E-state index contributed by atoms with van der Waals surface area (Å²) in [7, 11) is 0. The lowest BCUT2D eigenvalue weighted by Gasteiger charge is -2.14. The molecule has 92 valence electrons. The zero-order valence-corrected chi connectivity index (χ0v) is 9.44. The van der Waals surface area contributed by atoms with Crippen molar-refractivity contribution in [3.05, 3.63) is 29.6 Å². The standard InChI is InChI=1S/C12H14FNO3/c1-7(12(15)16)14-6-10-5-8-4-9(13)2-3-11(8)17-10/h2-4,7,10,14H,5-6H2,1H3,(H,15,16)/t7-,10?/m1/s1. The zero-order valence-electron chi connectivity index (χ0n) is 9.44. The summed E-state index contributed by atoms with van der Waals surface area (Å²) in [6.45, 7) is 2.01. The lowest BCUT2D eigenvalue weighted by atomic mass is 10.1. The van der Waals surface area contributed by atoms with Crippen LogP contribution in [0.3, 0.4) is 0 Å². The van der Waals surface area contributed by atoms with Crippen LogP contribution in [-0.4, -0.2) is 29.8 Å². The van der Waals surface area contributed by atoms with E-state index in [-0.39, 0.29) is 11.9 Å². The highest BCUT2D eigenvalue weighted by atomic mass is 19.1. The predicted octanol–water partition coefficient (Wildman–Crippen LogP) is 1.19. The SMILES string of the molecule is C[C@@H](NCC1Cc2cc(F)ccc2O1)C(=O)O. The summed E-state index contributed by atoms with van der Waals surface area (Å²) in [5, 5.41) is 11.6. The van der Waals surface area contributed by atoms with E-state index in [0.29, 0.717) is 18.7 Å². The quantitative estimate of drug-likeness (QED) is 0.828. The fourth-order valence-corrected chi connectivity index (χ4v) is 1.80. The van der Waals surface area contributed by atoms with Crippen molar-refractivity contribution in [1.29, 1.82) is 0 Å². The van der Waals surface area contributed by atoms with Gasteiger partial charge in [-0.05, 0) is 25.1 Å². The molecule has 1 unspecified atom stereocenters. The minimum Gasteiger partial charge on any atom is -0.488 e. The van der Waals surface area contributed by atoms with Gasteiger partial charge in [-0.15, -0.1) is 0 Å². The topological polar surface area (TPSA) is 58.6 Å².